The topological polar surface area (TPSA) is 46.6 Å². The smallest absolute Gasteiger partial charge is 0.410 e. The lowest BCUT2D eigenvalue weighted by Gasteiger charge is -2.28. The zero-order valence-corrected chi connectivity index (χ0v) is 12.9. The second-order valence-corrected chi connectivity index (χ2v) is 6.28. The van der Waals surface area contributed by atoms with Crippen LogP contribution in [0.4, 0.5) is 4.79 Å². The fraction of sp³-hybridized carbons (Fsp3) is 0.571. The van der Waals surface area contributed by atoms with Crippen LogP contribution in [-0.4, -0.2) is 29.9 Å². The van der Waals surface area contributed by atoms with Crippen LogP contribution in [0.5, 0.6) is 0 Å². The minimum atomic E-state index is -0.579. The van der Waals surface area contributed by atoms with Gasteiger partial charge in [0.15, 0.2) is 0 Å². The van der Waals surface area contributed by atoms with Crippen molar-refractivity contribution in [1.82, 2.24) is 4.90 Å². The van der Waals surface area contributed by atoms with Gasteiger partial charge in [-0.3, -0.25) is 4.90 Å². The van der Waals surface area contributed by atoms with Gasteiger partial charge >= 0.3 is 6.09 Å². The number of aldehydes is 1. The Balaban J connectivity index is 2.91. The first-order chi connectivity index (χ1) is 8.80. The number of hydrogen-bond donors (Lipinski definition) is 0. The molecule has 0 aliphatic carbocycles. The van der Waals surface area contributed by atoms with E-state index >= 15 is 0 Å². The first kappa shape index (κ1) is 15.7. The average Bonchev–Trinajstić information content (AvgIpc) is 2.75. The Morgan fingerprint density at radius 1 is 1.53 bits per heavy atom. The Morgan fingerprint density at radius 2 is 2.16 bits per heavy atom. The van der Waals surface area contributed by atoms with Crippen LogP contribution in [0.1, 0.15) is 44.2 Å². The maximum Gasteiger partial charge on any atom is 0.410 e. The van der Waals surface area contributed by atoms with Gasteiger partial charge in [0.1, 0.15) is 17.9 Å². The Hall–Kier alpha value is -1.36. The molecule has 1 atom stereocenters. The molecule has 1 unspecified atom stereocenters. The summed E-state index contributed by atoms with van der Waals surface area (Å²) in [5.41, 5.74) is 0.527. The van der Waals surface area contributed by atoms with Crippen molar-refractivity contribution in [3.8, 4) is 0 Å². The molecule has 1 aromatic heterocycles. The molecule has 1 rings (SSSR count). The van der Waals surface area contributed by atoms with Crippen LogP contribution in [0.3, 0.4) is 0 Å². The lowest BCUT2D eigenvalue weighted by Crippen LogP contribution is -2.37. The summed E-state index contributed by atoms with van der Waals surface area (Å²) >= 11 is 1.49. The maximum atomic E-state index is 12.0. The first-order valence-electron chi connectivity index (χ1n) is 6.27. The minimum Gasteiger partial charge on any atom is -0.444 e. The molecule has 0 aromatic carbocycles. The second-order valence-electron chi connectivity index (χ2n) is 5.34. The molecule has 1 amide bonds. The van der Waals surface area contributed by atoms with E-state index < -0.39 is 17.7 Å². The second kappa shape index (κ2) is 6.19. The standard InChI is InChI=1S/C14H21NO3S/c1-6-10-7-8-19-12(10)11(9-16)15(5)13(17)18-14(2,3)4/h7-9,11H,6H2,1-5H3. The average molecular weight is 283 g/mol. The van der Waals surface area contributed by atoms with Gasteiger partial charge in [-0.2, -0.15) is 0 Å². The molecule has 19 heavy (non-hydrogen) atoms. The van der Waals surface area contributed by atoms with Gasteiger partial charge < -0.3 is 9.53 Å². The summed E-state index contributed by atoms with van der Waals surface area (Å²) < 4.78 is 5.29. The quantitative estimate of drug-likeness (QED) is 0.795. The van der Waals surface area contributed by atoms with Crippen molar-refractivity contribution in [1.29, 1.82) is 0 Å². The van der Waals surface area contributed by atoms with Crippen LogP contribution < -0.4 is 0 Å². The number of thiophene rings is 1. The Bertz CT molecular complexity index is 448. The van der Waals surface area contributed by atoms with E-state index in [-0.39, 0.29) is 0 Å². The van der Waals surface area contributed by atoms with E-state index in [4.69, 9.17) is 4.74 Å². The molecule has 0 aliphatic heterocycles. The highest BCUT2D eigenvalue weighted by molar-refractivity contribution is 7.10. The van der Waals surface area contributed by atoms with Gasteiger partial charge in [0.25, 0.3) is 0 Å². The fourth-order valence-electron chi connectivity index (χ4n) is 1.68. The molecule has 1 heterocycles. The third kappa shape index (κ3) is 4.06. The van der Waals surface area contributed by atoms with Gasteiger partial charge in [0, 0.05) is 11.9 Å². The molecule has 1 aromatic rings. The van der Waals surface area contributed by atoms with Crippen molar-refractivity contribution in [2.45, 2.75) is 45.8 Å². The highest BCUT2D eigenvalue weighted by Gasteiger charge is 2.28. The molecule has 0 bridgehead atoms. The monoisotopic (exact) mass is 283 g/mol. The van der Waals surface area contributed by atoms with E-state index in [0.717, 1.165) is 23.1 Å². The zero-order valence-electron chi connectivity index (χ0n) is 12.1. The number of nitrogens with zero attached hydrogens (tertiary/aromatic N) is 1. The van der Waals surface area contributed by atoms with Gasteiger partial charge in [0.2, 0.25) is 0 Å². The molecule has 0 radical (unpaired) electrons. The third-order valence-corrected chi connectivity index (χ3v) is 3.69. The molecule has 4 nitrogen and oxygen atoms in total. The van der Waals surface area contributed by atoms with Crippen molar-refractivity contribution in [2.24, 2.45) is 0 Å². The van der Waals surface area contributed by atoms with Crippen molar-refractivity contribution in [3.05, 3.63) is 21.9 Å². The maximum absolute atomic E-state index is 12.0. The summed E-state index contributed by atoms with van der Waals surface area (Å²) in [5.74, 6) is 0. The lowest BCUT2D eigenvalue weighted by atomic mass is 10.1. The molecule has 5 heteroatoms. The van der Waals surface area contributed by atoms with Crippen LogP contribution in [0, 0.1) is 0 Å². The molecule has 0 aliphatic rings. The summed E-state index contributed by atoms with van der Waals surface area (Å²) in [6, 6.07) is 1.41. The molecular weight excluding hydrogens is 262 g/mol. The van der Waals surface area contributed by atoms with Gasteiger partial charge in [-0.1, -0.05) is 6.92 Å². The molecule has 0 fully saturated rings. The van der Waals surface area contributed by atoms with Crippen LogP contribution in [0.15, 0.2) is 11.4 Å². The zero-order chi connectivity index (χ0) is 14.6. The molecule has 0 saturated heterocycles. The van der Waals surface area contributed by atoms with E-state index in [9.17, 15) is 9.59 Å². The number of likely N-dealkylation sites (N-methyl/N-ethyl adjacent to an activating group) is 1. The number of carbonyl (C=O) groups excluding carboxylic acids is 2. The first-order valence-corrected chi connectivity index (χ1v) is 7.15. The third-order valence-electron chi connectivity index (χ3n) is 2.66. The Kier molecular flexibility index (Phi) is 5.11. The van der Waals surface area contributed by atoms with Crippen molar-refractivity contribution >= 4 is 23.7 Å². The summed E-state index contributed by atoms with van der Waals surface area (Å²) in [4.78, 5) is 25.6. The van der Waals surface area contributed by atoms with Crippen LogP contribution >= 0.6 is 11.3 Å². The van der Waals surface area contributed by atoms with Crippen molar-refractivity contribution in [3.63, 3.8) is 0 Å². The number of hydrogen-bond acceptors (Lipinski definition) is 4. The lowest BCUT2D eigenvalue weighted by molar-refractivity contribution is -0.112. The van der Waals surface area contributed by atoms with E-state index in [1.54, 1.807) is 27.8 Å². The van der Waals surface area contributed by atoms with E-state index in [1.807, 2.05) is 18.4 Å². The fourth-order valence-corrected chi connectivity index (χ4v) is 2.77. The van der Waals surface area contributed by atoms with Crippen LogP contribution in [-0.2, 0) is 16.0 Å². The predicted molar refractivity (Wildman–Crippen MR) is 76.5 cm³/mol. The number of aryl methyl sites for hydroxylation is 1. The van der Waals surface area contributed by atoms with Crippen LogP contribution in [0.2, 0.25) is 0 Å². The highest BCUT2D eigenvalue weighted by Crippen LogP contribution is 2.28. The van der Waals surface area contributed by atoms with E-state index in [0.29, 0.717) is 0 Å². The summed E-state index contributed by atoms with van der Waals surface area (Å²) in [5, 5.41) is 1.94. The Morgan fingerprint density at radius 3 is 2.63 bits per heavy atom. The highest BCUT2D eigenvalue weighted by atomic mass is 32.1. The van der Waals surface area contributed by atoms with Crippen molar-refractivity contribution in [2.75, 3.05) is 7.05 Å². The number of ether oxygens (including phenoxy) is 1. The molecular formula is C14H21NO3S. The van der Waals surface area contributed by atoms with Gasteiger partial charge in [-0.05, 0) is 44.2 Å². The molecule has 0 spiro atoms. The summed E-state index contributed by atoms with van der Waals surface area (Å²) in [6.07, 6.45) is 1.14. The van der Waals surface area contributed by atoms with E-state index in [1.165, 1.54) is 16.2 Å². The minimum absolute atomic E-state index is 0.486. The molecule has 106 valence electrons. The van der Waals surface area contributed by atoms with Gasteiger partial charge in [-0.15, -0.1) is 11.3 Å². The largest absolute Gasteiger partial charge is 0.444 e. The SMILES string of the molecule is CCc1ccsc1C(C=O)N(C)C(=O)OC(C)(C)C. The number of amides is 1. The summed E-state index contributed by atoms with van der Waals surface area (Å²) in [7, 11) is 1.59. The van der Waals surface area contributed by atoms with Crippen molar-refractivity contribution < 1.29 is 14.3 Å². The predicted octanol–water partition coefficient (Wildman–Crippen LogP) is 3.42. The summed E-state index contributed by atoms with van der Waals surface area (Å²) in [6.45, 7) is 7.44. The molecule has 0 N–H and O–H groups in total. The van der Waals surface area contributed by atoms with Crippen LogP contribution in [0.25, 0.3) is 0 Å². The Labute approximate surface area is 118 Å². The van der Waals surface area contributed by atoms with E-state index in [2.05, 4.69) is 0 Å². The number of rotatable bonds is 4. The number of carbonyl (C=O) groups is 2. The van der Waals surface area contributed by atoms with Gasteiger partial charge in [0.05, 0.1) is 0 Å². The van der Waals surface area contributed by atoms with Gasteiger partial charge in [-0.25, -0.2) is 4.79 Å². The normalized spacial score (nSPS) is 12.9. The molecule has 0 saturated carbocycles.